The van der Waals surface area contributed by atoms with Gasteiger partial charge < -0.3 is 0 Å². The molecule has 1 amide bonds. The van der Waals surface area contributed by atoms with Crippen LogP contribution in [0.5, 0.6) is 0 Å². The van der Waals surface area contributed by atoms with Crippen LogP contribution in [0.2, 0.25) is 0 Å². The monoisotopic (exact) mass is 276 g/mol. The molecule has 0 saturated heterocycles. The van der Waals surface area contributed by atoms with E-state index in [-0.39, 0.29) is 5.69 Å². The van der Waals surface area contributed by atoms with Crippen LogP contribution in [0.3, 0.4) is 0 Å². The van der Waals surface area contributed by atoms with Gasteiger partial charge in [0.05, 0.1) is 11.3 Å². The van der Waals surface area contributed by atoms with Gasteiger partial charge in [0.15, 0.2) is 0 Å². The van der Waals surface area contributed by atoms with Crippen LogP contribution in [0.4, 0.5) is 5.69 Å². The molecule has 0 aromatic heterocycles. The number of rotatable bonds is 0. The molecule has 14 heavy (non-hydrogen) atoms. The molecule has 1 aliphatic rings. The Balaban J connectivity index is 2.62. The maximum atomic E-state index is 11.3. The fraction of sp³-hybridized carbons (Fsp3) is 0. The number of benzene rings is 1. The molecule has 1 aliphatic heterocycles. The number of fused-ring (bicyclic) bond motifs is 1. The standard InChI is InChI=1S/C7H5BrN2O3S/c8-4-1-2-6-5(3-4)7(11)10-14(12,13)9-6/h1-3,9H,(H,10,11). The van der Waals surface area contributed by atoms with Crippen LogP contribution in [0.15, 0.2) is 22.7 Å². The number of nitrogens with one attached hydrogen (secondary N) is 2. The van der Waals surface area contributed by atoms with Crippen LogP contribution < -0.4 is 9.44 Å². The molecule has 1 aromatic rings. The van der Waals surface area contributed by atoms with E-state index in [0.717, 1.165) is 0 Å². The van der Waals surface area contributed by atoms with Crippen molar-refractivity contribution >= 4 is 37.7 Å². The first kappa shape index (κ1) is 9.47. The minimum Gasteiger partial charge on any atom is -0.268 e. The Morgan fingerprint density at radius 3 is 2.64 bits per heavy atom. The van der Waals surface area contributed by atoms with Crippen LogP contribution >= 0.6 is 15.9 Å². The third kappa shape index (κ3) is 1.60. The lowest BCUT2D eigenvalue weighted by molar-refractivity contribution is 0.0981. The summed E-state index contributed by atoms with van der Waals surface area (Å²) in [5.74, 6) is -0.625. The van der Waals surface area contributed by atoms with Crippen LogP contribution in [-0.4, -0.2) is 14.3 Å². The van der Waals surface area contributed by atoms with Crippen molar-refractivity contribution in [3.63, 3.8) is 0 Å². The number of hydrogen-bond donors (Lipinski definition) is 2. The fourth-order valence-electron chi connectivity index (χ4n) is 1.14. The van der Waals surface area contributed by atoms with E-state index in [4.69, 9.17) is 0 Å². The minimum atomic E-state index is -3.72. The Hall–Kier alpha value is -1.08. The van der Waals surface area contributed by atoms with Gasteiger partial charge in [-0.2, -0.15) is 8.42 Å². The summed E-state index contributed by atoms with van der Waals surface area (Å²) in [6, 6.07) is 4.72. The second-order valence-electron chi connectivity index (χ2n) is 2.73. The molecule has 0 radical (unpaired) electrons. The van der Waals surface area contributed by atoms with Crippen molar-refractivity contribution in [2.45, 2.75) is 0 Å². The topological polar surface area (TPSA) is 75.3 Å². The van der Waals surface area contributed by atoms with Gasteiger partial charge >= 0.3 is 10.2 Å². The SMILES string of the molecule is O=C1NS(=O)(=O)Nc2ccc(Br)cc21. The molecule has 0 spiro atoms. The van der Waals surface area contributed by atoms with E-state index >= 15 is 0 Å². The van der Waals surface area contributed by atoms with Crippen molar-refractivity contribution in [3.05, 3.63) is 28.2 Å². The summed E-state index contributed by atoms with van der Waals surface area (Å²) < 4.78 is 26.9. The number of amides is 1. The van der Waals surface area contributed by atoms with Gasteiger partial charge in [-0.15, -0.1) is 0 Å². The van der Waals surface area contributed by atoms with Crippen molar-refractivity contribution in [1.82, 2.24) is 4.72 Å². The van der Waals surface area contributed by atoms with Gasteiger partial charge in [-0.1, -0.05) is 15.9 Å². The molecule has 0 aliphatic carbocycles. The van der Waals surface area contributed by atoms with E-state index in [0.29, 0.717) is 10.0 Å². The number of hydrogen-bond acceptors (Lipinski definition) is 3. The summed E-state index contributed by atoms with van der Waals surface area (Å²) in [4.78, 5) is 11.3. The molecule has 0 saturated carbocycles. The highest BCUT2D eigenvalue weighted by Gasteiger charge is 2.25. The van der Waals surface area contributed by atoms with E-state index in [1.165, 1.54) is 6.07 Å². The Labute approximate surface area is 88.8 Å². The average molecular weight is 277 g/mol. The second kappa shape index (κ2) is 2.96. The molecule has 7 heteroatoms. The Morgan fingerprint density at radius 1 is 1.21 bits per heavy atom. The molecule has 2 rings (SSSR count). The first-order chi connectivity index (χ1) is 6.48. The summed E-state index contributed by atoms with van der Waals surface area (Å²) in [6.07, 6.45) is 0. The van der Waals surface area contributed by atoms with E-state index in [2.05, 4.69) is 20.7 Å². The van der Waals surface area contributed by atoms with Gasteiger partial charge in [-0.3, -0.25) is 9.52 Å². The smallest absolute Gasteiger partial charge is 0.268 e. The predicted molar refractivity (Wildman–Crippen MR) is 54.2 cm³/mol. The highest BCUT2D eigenvalue weighted by molar-refractivity contribution is 9.10. The van der Waals surface area contributed by atoms with Gasteiger partial charge in [0, 0.05) is 4.47 Å². The molecule has 2 N–H and O–H groups in total. The molecule has 0 atom stereocenters. The third-order valence-corrected chi connectivity index (χ3v) is 3.13. The molecule has 0 unspecified atom stereocenters. The maximum Gasteiger partial charge on any atom is 0.323 e. The number of carbonyl (C=O) groups is 1. The lowest BCUT2D eigenvalue weighted by Gasteiger charge is -2.18. The molecular weight excluding hydrogens is 272 g/mol. The lowest BCUT2D eigenvalue weighted by Crippen LogP contribution is -2.40. The van der Waals surface area contributed by atoms with Gasteiger partial charge in [-0.25, -0.2) is 4.72 Å². The van der Waals surface area contributed by atoms with Gasteiger partial charge in [0.2, 0.25) is 0 Å². The molecular formula is C7H5BrN2O3S. The third-order valence-electron chi connectivity index (χ3n) is 1.70. The van der Waals surface area contributed by atoms with Gasteiger partial charge in [-0.05, 0) is 18.2 Å². The van der Waals surface area contributed by atoms with Crippen molar-refractivity contribution in [2.75, 3.05) is 4.72 Å². The van der Waals surface area contributed by atoms with Gasteiger partial charge in [0.25, 0.3) is 5.91 Å². The van der Waals surface area contributed by atoms with Gasteiger partial charge in [0.1, 0.15) is 0 Å². The molecule has 0 bridgehead atoms. The minimum absolute atomic E-state index is 0.289. The molecule has 1 aromatic carbocycles. The maximum absolute atomic E-state index is 11.3. The normalized spacial score (nSPS) is 17.9. The lowest BCUT2D eigenvalue weighted by atomic mass is 10.2. The van der Waals surface area contributed by atoms with Crippen molar-refractivity contribution < 1.29 is 13.2 Å². The van der Waals surface area contributed by atoms with E-state index in [1.54, 1.807) is 12.1 Å². The molecule has 1 heterocycles. The Kier molecular flexibility index (Phi) is 2.00. The van der Waals surface area contributed by atoms with Crippen LogP contribution in [-0.2, 0) is 10.2 Å². The largest absolute Gasteiger partial charge is 0.323 e. The Morgan fingerprint density at radius 2 is 1.93 bits per heavy atom. The zero-order valence-electron chi connectivity index (χ0n) is 6.74. The van der Waals surface area contributed by atoms with Crippen LogP contribution in [0, 0.1) is 0 Å². The highest BCUT2D eigenvalue weighted by atomic mass is 79.9. The average Bonchev–Trinajstić information content (AvgIpc) is 2.05. The summed E-state index contributed by atoms with van der Waals surface area (Å²) in [5.41, 5.74) is 0.589. The summed E-state index contributed by atoms with van der Waals surface area (Å²) >= 11 is 3.19. The molecule has 74 valence electrons. The van der Waals surface area contributed by atoms with Crippen molar-refractivity contribution in [3.8, 4) is 0 Å². The van der Waals surface area contributed by atoms with Crippen molar-refractivity contribution in [1.29, 1.82) is 0 Å². The van der Waals surface area contributed by atoms with E-state index < -0.39 is 16.1 Å². The molecule has 5 nitrogen and oxygen atoms in total. The zero-order chi connectivity index (χ0) is 10.3. The summed E-state index contributed by atoms with van der Waals surface area (Å²) in [5, 5.41) is 0. The summed E-state index contributed by atoms with van der Waals surface area (Å²) in [7, 11) is -3.72. The van der Waals surface area contributed by atoms with E-state index in [9.17, 15) is 13.2 Å². The number of halogens is 1. The number of anilines is 1. The first-order valence-electron chi connectivity index (χ1n) is 3.62. The molecule has 0 fully saturated rings. The van der Waals surface area contributed by atoms with Crippen LogP contribution in [0.25, 0.3) is 0 Å². The van der Waals surface area contributed by atoms with Crippen LogP contribution in [0.1, 0.15) is 10.4 Å². The fourth-order valence-corrected chi connectivity index (χ4v) is 2.37. The van der Waals surface area contributed by atoms with E-state index in [1.807, 2.05) is 4.72 Å². The second-order valence-corrected chi connectivity index (χ2v) is 5.06. The first-order valence-corrected chi connectivity index (χ1v) is 5.90. The van der Waals surface area contributed by atoms with Crippen molar-refractivity contribution in [2.24, 2.45) is 0 Å². The predicted octanol–water partition coefficient (Wildman–Crippen LogP) is 0.849. The number of carbonyl (C=O) groups excluding carboxylic acids is 1. The highest BCUT2D eigenvalue weighted by Crippen LogP contribution is 2.24. The summed E-state index contributed by atoms with van der Waals surface area (Å²) in [6.45, 7) is 0. The Bertz CT molecular complexity index is 512. The zero-order valence-corrected chi connectivity index (χ0v) is 9.15. The quantitative estimate of drug-likeness (QED) is 0.738.